The number of benzene rings is 1. The first-order chi connectivity index (χ1) is 8.15. The maximum Gasteiger partial charge on any atom is 0.106 e. The summed E-state index contributed by atoms with van der Waals surface area (Å²) in [5.74, 6) is 2.78. The van der Waals surface area contributed by atoms with Crippen LogP contribution in [-0.2, 0) is 6.54 Å². The van der Waals surface area contributed by atoms with E-state index in [0.29, 0.717) is 0 Å². The second-order valence-corrected chi connectivity index (χ2v) is 5.33. The fraction of sp³-hybridized carbons (Fsp3) is 0.500. The molecule has 3 heteroatoms. The second kappa shape index (κ2) is 3.76. The van der Waals surface area contributed by atoms with Crippen LogP contribution in [0, 0.1) is 18.8 Å². The summed E-state index contributed by atoms with van der Waals surface area (Å²) in [5, 5.41) is 0. The summed E-state index contributed by atoms with van der Waals surface area (Å²) in [4.78, 5) is 4.59. The summed E-state index contributed by atoms with van der Waals surface area (Å²) in [6, 6.07) is 6.01. The number of imidazole rings is 1. The lowest BCUT2D eigenvalue weighted by Crippen LogP contribution is -2.10. The van der Waals surface area contributed by atoms with Gasteiger partial charge < -0.3 is 10.3 Å². The van der Waals surface area contributed by atoms with E-state index in [1.54, 1.807) is 0 Å². The Morgan fingerprint density at radius 3 is 2.94 bits per heavy atom. The zero-order valence-electron chi connectivity index (χ0n) is 10.5. The van der Waals surface area contributed by atoms with Crippen molar-refractivity contribution in [1.82, 2.24) is 9.55 Å². The number of aryl methyl sites for hydroxylation is 1. The van der Waals surface area contributed by atoms with Crippen molar-refractivity contribution in [3.63, 3.8) is 0 Å². The smallest absolute Gasteiger partial charge is 0.106 e. The number of rotatable bonds is 3. The Morgan fingerprint density at radius 1 is 1.47 bits per heavy atom. The molecule has 2 aromatic rings. The molecule has 1 aliphatic rings. The molecule has 1 heterocycles. The lowest BCUT2D eigenvalue weighted by atomic mass is 10.1. The van der Waals surface area contributed by atoms with Crippen molar-refractivity contribution in [3.05, 3.63) is 24.0 Å². The van der Waals surface area contributed by atoms with Gasteiger partial charge in [0.15, 0.2) is 0 Å². The minimum atomic E-state index is 0.753. The zero-order chi connectivity index (χ0) is 12.0. The average molecular weight is 229 g/mol. The molecule has 0 radical (unpaired) electrons. The second-order valence-electron chi connectivity index (χ2n) is 5.33. The fourth-order valence-electron chi connectivity index (χ4n) is 2.60. The lowest BCUT2D eigenvalue weighted by Gasteiger charge is -2.13. The van der Waals surface area contributed by atoms with Crippen LogP contribution in [0.3, 0.4) is 0 Å². The van der Waals surface area contributed by atoms with E-state index in [2.05, 4.69) is 29.5 Å². The van der Waals surface area contributed by atoms with E-state index in [0.717, 1.165) is 35.4 Å². The van der Waals surface area contributed by atoms with Gasteiger partial charge in [-0.1, -0.05) is 6.92 Å². The van der Waals surface area contributed by atoms with E-state index >= 15 is 0 Å². The highest BCUT2D eigenvalue weighted by Gasteiger charge is 2.28. The van der Waals surface area contributed by atoms with Crippen molar-refractivity contribution >= 4 is 16.7 Å². The number of aromatic nitrogens is 2. The minimum Gasteiger partial charge on any atom is -0.399 e. The first-order valence-corrected chi connectivity index (χ1v) is 6.37. The molecule has 90 valence electrons. The normalized spacial score (nSPS) is 17.5. The maximum absolute atomic E-state index is 5.79. The first-order valence-electron chi connectivity index (χ1n) is 6.37. The molecule has 1 unspecified atom stereocenters. The molecule has 1 aliphatic carbocycles. The third kappa shape index (κ3) is 1.90. The van der Waals surface area contributed by atoms with E-state index in [9.17, 15) is 0 Å². The highest BCUT2D eigenvalue weighted by molar-refractivity contribution is 5.79. The predicted molar refractivity (Wildman–Crippen MR) is 70.8 cm³/mol. The van der Waals surface area contributed by atoms with E-state index in [-0.39, 0.29) is 0 Å². The molecule has 1 saturated carbocycles. The first kappa shape index (κ1) is 10.6. The molecule has 2 N–H and O–H groups in total. The summed E-state index contributed by atoms with van der Waals surface area (Å²) in [7, 11) is 0. The Kier molecular flexibility index (Phi) is 2.35. The summed E-state index contributed by atoms with van der Waals surface area (Å²) in [6.45, 7) is 5.51. The number of hydrogen-bond acceptors (Lipinski definition) is 2. The van der Waals surface area contributed by atoms with Crippen LogP contribution in [0.15, 0.2) is 18.2 Å². The Morgan fingerprint density at radius 2 is 2.24 bits per heavy atom. The number of anilines is 1. The number of nitrogens with two attached hydrogens (primary N) is 1. The predicted octanol–water partition coefficient (Wildman–Crippen LogP) is 2.97. The molecule has 0 saturated heterocycles. The van der Waals surface area contributed by atoms with Gasteiger partial charge in [-0.05, 0) is 49.8 Å². The maximum atomic E-state index is 5.79. The average Bonchev–Trinajstić information content (AvgIpc) is 3.06. The third-order valence-electron chi connectivity index (χ3n) is 3.86. The molecule has 1 aromatic carbocycles. The molecule has 0 bridgehead atoms. The Labute approximate surface area is 102 Å². The van der Waals surface area contributed by atoms with Crippen LogP contribution in [0.2, 0.25) is 0 Å². The van der Waals surface area contributed by atoms with Crippen LogP contribution in [0.1, 0.15) is 25.6 Å². The number of nitrogen functional groups attached to an aromatic ring is 1. The SMILES string of the molecule is Cc1nc2cc(N)ccc2n1CC(C)C1CC1. The molecule has 0 amide bonds. The van der Waals surface area contributed by atoms with Crippen LogP contribution in [-0.4, -0.2) is 9.55 Å². The van der Waals surface area contributed by atoms with E-state index < -0.39 is 0 Å². The Balaban J connectivity index is 1.99. The van der Waals surface area contributed by atoms with E-state index in [4.69, 9.17) is 5.73 Å². The fourth-order valence-corrected chi connectivity index (χ4v) is 2.60. The van der Waals surface area contributed by atoms with Gasteiger partial charge in [-0.25, -0.2) is 4.98 Å². The molecule has 17 heavy (non-hydrogen) atoms. The van der Waals surface area contributed by atoms with Crippen LogP contribution < -0.4 is 5.73 Å². The lowest BCUT2D eigenvalue weighted by molar-refractivity contribution is 0.431. The number of fused-ring (bicyclic) bond motifs is 1. The van der Waals surface area contributed by atoms with Crippen molar-refractivity contribution in [2.24, 2.45) is 11.8 Å². The van der Waals surface area contributed by atoms with Gasteiger partial charge in [0.05, 0.1) is 11.0 Å². The molecule has 0 aliphatic heterocycles. The highest BCUT2D eigenvalue weighted by atomic mass is 15.1. The minimum absolute atomic E-state index is 0.753. The van der Waals surface area contributed by atoms with Crippen molar-refractivity contribution in [3.8, 4) is 0 Å². The van der Waals surface area contributed by atoms with Gasteiger partial charge in [-0.15, -0.1) is 0 Å². The Hall–Kier alpha value is -1.51. The zero-order valence-corrected chi connectivity index (χ0v) is 10.5. The van der Waals surface area contributed by atoms with Gasteiger partial charge in [0, 0.05) is 12.2 Å². The third-order valence-corrected chi connectivity index (χ3v) is 3.86. The monoisotopic (exact) mass is 229 g/mol. The number of hydrogen-bond donors (Lipinski definition) is 1. The Bertz CT molecular complexity index is 552. The largest absolute Gasteiger partial charge is 0.399 e. The molecule has 1 aromatic heterocycles. The van der Waals surface area contributed by atoms with Gasteiger partial charge in [0.2, 0.25) is 0 Å². The topological polar surface area (TPSA) is 43.8 Å². The van der Waals surface area contributed by atoms with Crippen LogP contribution in [0.25, 0.3) is 11.0 Å². The highest BCUT2D eigenvalue weighted by Crippen LogP contribution is 2.37. The molecule has 1 fully saturated rings. The molecule has 0 spiro atoms. The summed E-state index contributed by atoms with van der Waals surface area (Å²) < 4.78 is 2.33. The van der Waals surface area contributed by atoms with Crippen LogP contribution >= 0.6 is 0 Å². The van der Waals surface area contributed by atoms with Crippen molar-refractivity contribution < 1.29 is 0 Å². The standard InChI is InChI=1S/C14H19N3/c1-9(11-3-4-11)8-17-10(2)16-13-7-12(15)5-6-14(13)17/h5-7,9,11H,3-4,8,15H2,1-2H3. The van der Waals surface area contributed by atoms with Crippen LogP contribution in [0.5, 0.6) is 0 Å². The summed E-state index contributed by atoms with van der Waals surface area (Å²) in [5.41, 5.74) is 8.81. The quantitative estimate of drug-likeness (QED) is 0.822. The van der Waals surface area contributed by atoms with Gasteiger partial charge >= 0.3 is 0 Å². The van der Waals surface area contributed by atoms with Gasteiger partial charge in [0.1, 0.15) is 5.82 Å². The molecular formula is C14H19N3. The molecule has 3 rings (SSSR count). The van der Waals surface area contributed by atoms with Crippen molar-refractivity contribution in [2.45, 2.75) is 33.2 Å². The van der Waals surface area contributed by atoms with E-state index in [1.807, 2.05) is 12.1 Å². The van der Waals surface area contributed by atoms with Gasteiger partial charge in [-0.2, -0.15) is 0 Å². The summed E-state index contributed by atoms with van der Waals surface area (Å²) >= 11 is 0. The van der Waals surface area contributed by atoms with Crippen molar-refractivity contribution in [1.29, 1.82) is 0 Å². The molecular weight excluding hydrogens is 210 g/mol. The van der Waals surface area contributed by atoms with Gasteiger partial charge in [-0.3, -0.25) is 0 Å². The van der Waals surface area contributed by atoms with E-state index in [1.165, 1.54) is 18.4 Å². The summed E-state index contributed by atoms with van der Waals surface area (Å²) in [6.07, 6.45) is 2.81. The van der Waals surface area contributed by atoms with Crippen LogP contribution in [0.4, 0.5) is 5.69 Å². The van der Waals surface area contributed by atoms with Crippen molar-refractivity contribution in [2.75, 3.05) is 5.73 Å². The molecule has 3 nitrogen and oxygen atoms in total. The number of nitrogens with zero attached hydrogens (tertiary/aromatic N) is 2. The van der Waals surface area contributed by atoms with Gasteiger partial charge in [0.25, 0.3) is 0 Å². The molecule has 1 atom stereocenters.